The molecule has 1 saturated carbocycles. The molecule has 5 heteroatoms. The van der Waals surface area contributed by atoms with E-state index in [4.69, 9.17) is 10.5 Å². The zero-order valence-electron chi connectivity index (χ0n) is 10.8. The number of ether oxygens (including phenoxy) is 1. The second kappa shape index (κ2) is 5.38. The third kappa shape index (κ3) is 5.06. The highest BCUT2D eigenvalue weighted by molar-refractivity contribution is 5.77. The number of primary amides is 1. The average Bonchev–Trinajstić information content (AvgIpc) is 2.14. The third-order valence-corrected chi connectivity index (χ3v) is 2.80. The Bertz CT molecular complexity index is 297. The van der Waals surface area contributed by atoms with Gasteiger partial charge in [0.15, 0.2) is 0 Å². The molecular formula is C12H22N2O3. The summed E-state index contributed by atoms with van der Waals surface area (Å²) in [5, 5.41) is 2.79. The first-order valence-corrected chi connectivity index (χ1v) is 6.07. The van der Waals surface area contributed by atoms with Crippen LogP contribution in [0.3, 0.4) is 0 Å². The van der Waals surface area contributed by atoms with Gasteiger partial charge >= 0.3 is 6.09 Å². The molecule has 0 heterocycles. The van der Waals surface area contributed by atoms with Crippen molar-refractivity contribution in [1.82, 2.24) is 5.32 Å². The van der Waals surface area contributed by atoms with E-state index in [0.29, 0.717) is 6.42 Å². The van der Waals surface area contributed by atoms with E-state index in [-0.39, 0.29) is 17.9 Å². The van der Waals surface area contributed by atoms with Crippen LogP contribution < -0.4 is 11.1 Å². The molecule has 0 saturated heterocycles. The van der Waals surface area contributed by atoms with Gasteiger partial charge in [-0.25, -0.2) is 4.79 Å². The van der Waals surface area contributed by atoms with Crippen molar-refractivity contribution in [2.75, 3.05) is 0 Å². The SMILES string of the molecule is CC(C)(C)OC(=O)N[C@H]1CCC[C@H](C(N)=O)C1. The van der Waals surface area contributed by atoms with E-state index in [0.717, 1.165) is 19.3 Å². The highest BCUT2D eigenvalue weighted by atomic mass is 16.6. The second-order valence-electron chi connectivity index (χ2n) is 5.61. The molecule has 0 unspecified atom stereocenters. The topological polar surface area (TPSA) is 81.4 Å². The summed E-state index contributed by atoms with van der Waals surface area (Å²) in [6.45, 7) is 5.46. The number of hydrogen-bond donors (Lipinski definition) is 2. The normalized spacial score (nSPS) is 25.1. The van der Waals surface area contributed by atoms with Crippen molar-refractivity contribution in [1.29, 1.82) is 0 Å². The lowest BCUT2D eigenvalue weighted by molar-refractivity contribution is -0.122. The van der Waals surface area contributed by atoms with Crippen molar-refractivity contribution in [3.05, 3.63) is 0 Å². The number of alkyl carbamates (subject to hydrolysis) is 1. The zero-order chi connectivity index (χ0) is 13.1. The minimum Gasteiger partial charge on any atom is -0.444 e. The molecule has 2 atom stereocenters. The molecule has 0 bridgehead atoms. The molecule has 17 heavy (non-hydrogen) atoms. The van der Waals surface area contributed by atoms with E-state index in [1.165, 1.54) is 0 Å². The third-order valence-electron chi connectivity index (χ3n) is 2.80. The predicted molar refractivity (Wildman–Crippen MR) is 64.3 cm³/mol. The van der Waals surface area contributed by atoms with Gasteiger partial charge in [-0.2, -0.15) is 0 Å². The van der Waals surface area contributed by atoms with Crippen molar-refractivity contribution < 1.29 is 14.3 Å². The van der Waals surface area contributed by atoms with Gasteiger partial charge in [0.1, 0.15) is 5.60 Å². The van der Waals surface area contributed by atoms with Gasteiger partial charge in [0.2, 0.25) is 5.91 Å². The van der Waals surface area contributed by atoms with Gasteiger partial charge in [-0.05, 0) is 40.0 Å². The Morgan fingerprint density at radius 2 is 1.94 bits per heavy atom. The second-order valence-corrected chi connectivity index (χ2v) is 5.61. The van der Waals surface area contributed by atoms with E-state index in [2.05, 4.69) is 5.32 Å². The Labute approximate surface area is 102 Å². The lowest BCUT2D eigenvalue weighted by atomic mass is 9.85. The van der Waals surface area contributed by atoms with Crippen LogP contribution in [0.15, 0.2) is 0 Å². The fraction of sp³-hybridized carbons (Fsp3) is 0.833. The summed E-state index contributed by atoms with van der Waals surface area (Å²) in [5.41, 5.74) is 4.78. The molecule has 0 aromatic heterocycles. The molecule has 0 radical (unpaired) electrons. The van der Waals surface area contributed by atoms with Gasteiger partial charge in [0, 0.05) is 12.0 Å². The van der Waals surface area contributed by atoms with Gasteiger partial charge in [-0.1, -0.05) is 6.42 Å². The quantitative estimate of drug-likeness (QED) is 0.771. The van der Waals surface area contributed by atoms with Crippen molar-refractivity contribution in [3.63, 3.8) is 0 Å². The summed E-state index contributed by atoms with van der Waals surface area (Å²) in [5.74, 6) is -0.399. The molecule has 1 rings (SSSR count). The first-order valence-electron chi connectivity index (χ1n) is 6.07. The minimum atomic E-state index is -0.498. The van der Waals surface area contributed by atoms with Gasteiger partial charge in [-0.15, -0.1) is 0 Å². The number of carbonyl (C=O) groups excluding carboxylic acids is 2. The predicted octanol–water partition coefficient (Wildman–Crippen LogP) is 1.56. The maximum absolute atomic E-state index is 11.6. The molecule has 1 aliphatic rings. The average molecular weight is 242 g/mol. The van der Waals surface area contributed by atoms with E-state index in [1.54, 1.807) is 0 Å². The van der Waals surface area contributed by atoms with E-state index < -0.39 is 11.7 Å². The van der Waals surface area contributed by atoms with Gasteiger partial charge in [0.05, 0.1) is 0 Å². The summed E-state index contributed by atoms with van der Waals surface area (Å²) < 4.78 is 5.17. The van der Waals surface area contributed by atoms with Crippen LogP contribution in [0.4, 0.5) is 4.79 Å². The first kappa shape index (κ1) is 13.8. The van der Waals surface area contributed by atoms with Crippen LogP contribution in [-0.2, 0) is 9.53 Å². The number of nitrogens with one attached hydrogen (secondary N) is 1. The fourth-order valence-corrected chi connectivity index (χ4v) is 2.05. The van der Waals surface area contributed by atoms with Gasteiger partial charge < -0.3 is 15.8 Å². The fourth-order valence-electron chi connectivity index (χ4n) is 2.05. The van der Waals surface area contributed by atoms with Crippen LogP contribution in [0.2, 0.25) is 0 Å². The molecule has 0 aliphatic heterocycles. The Morgan fingerprint density at radius 3 is 2.47 bits per heavy atom. The van der Waals surface area contributed by atoms with Crippen molar-refractivity contribution >= 4 is 12.0 Å². The molecule has 2 amide bonds. The molecule has 3 N–H and O–H groups in total. The Balaban J connectivity index is 2.41. The number of hydrogen-bond acceptors (Lipinski definition) is 3. The monoisotopic (exact) mass is 242 g/mol. The highest BCUT2D eigenvalue weighted by Crippen LogP contribution is 2.24. The van der Waals surface area contributed by atoms with Crippen LogP contribution in [0.25, 0.3) is 0 Å². The molecule has 1 fully saturated rings. The lowest BCUT2D eigenvalue weighted by Crippen LogP contribution is -2.43. The summed E-state index contributed by atoms with van der Waals surface area (Å²) in [6, 6.07) is -0.00361. The van der Waals surface area contributed by atoms with E-state index >= 15 is 0 Å². The smallest absolute Gasteiger partial charge is 0.407 e. The summed E-state index contributed by atoms with van der Waals surface area (Å²) >= 11 is 0. The minimum absolute atomic E-state index is 0.00361. The summed E-state index contributed by atoms with van der Waals surface area (Å²) in [7, 11) is 0. The molecule has 0 spiro atoms. The summed E-state index contributed by atoms with van der Waals surface area (Å²) in [4.78, 5) is 22.6. The number of nitrogens with two attached hydrogens (primary N) is 1. The van der Waals surface area contributed by atoms with Crippen LogP contribution in [0.1, 0.15) is 46.5 Å². The highest BCUT2D eigenvalue weighted by Gasteiger charge is 2.27. The van der Waals surface area contributed by atoms with Gasteiger partial charge in [0.25, 0.3) is 0 Å². The van der Waals surface area contributed by atoms with Crippen LogP contribution in [0, 0.1) is 5.92 Å². The molecule has 98 valence electrons. The number of amides is 2. The standard InChI is InChI=1S/C12H22N2O3/c1-12(2,3)17-11(16)14-9-6-4-5-8(7-9)10(13)15/h8-9H,4-7H2,1-3H3,(H2,13,15)(H,14,16)/t8-,9-/m0/s1. The Kier molecular flexibility index (Phi) is 4.37. The van der Waals surface area contributed by atoms with Crippen LogP contribution in [-0.4, -0.2) is 23.6 Å². The van der Waals surface area contributed by atoms with E-state index in [1.807, 2.05) is 20.8 Å². The Hall–Kier alpha value is -1.26. The van der Waals surface area contributed by atoms with Crippen molar-refractivity contribution in [2.45, 2.75) is 58.1 Å². The zero-order valence-corrected chi connectivity index (χ0v) is 10.8. The molecular weight excluding hydrogens is 220 g/mol. The number of carbonyl (C=O) groups is 2. The molecule has 0 aromatic rings. The van der Waals surface area contributed by atoms with Crippen molar-refractivity contribution in [2.24, 2.45) is 11.7 Å². The maximum Gasteiger partial charge on any atom is 0.407 e. The lowest BCUT2D eigenvalue weighted by Gasteiger charge is -2.29. The number of rotatable bonds is 2. The molecule has 0 aromatic carbocycles. The maximum atomic E-state index is 11.6. The molecule has 1 aliphatic carbocycles. The molecule has 5 nitrogen and oxygen atoms in total. The van der Waals surface area contributed by atoms with Crippen LogP contribution in [0.5, 0.6) is 0 Å². The first-order chi connectivity index (χ1) is 7.78. The summed E-state index contributed by atoms with van der Waals surface area (Å²) in [6.07, 6.45) is 2.81. The van der Waals surface area contributed by atoms with Crippen LogP contribution >= 0.6 is 0 Å². The largest absolute Gasteiger partial charge is 0.444 e. The Morgan fingerprint density at radius 1 is 1.29 bits per heavy atom. The van der Waals surface area contributed by atoms with E-state index in [9.17, 15) is 9.59 Å². The van der Waals surface area contributed by atoms with Crippen molar-refractivity contribution in [3.8, 4) is 0 Å². The van der Waals surface area contributed by atoms with Gasteiger partial charge in [-0.3, -0.25) is 4.79 Å².